The molecule has 0 atom stereocenters. The van der Waals surface area contributed by atoms with Gasteiger partial charge in [0.1, 0.15) is 12.4 Å². The molecule has 0 saturated carbocycles. The number of hydrogen-bond donors (Lipinski definition) is 1. The molecule has 0 bridgehead atoms. The molecule has 7 heteroatoms. The van der Waals surface area contributed by atoms with E-state index in [0.29, 0.717) is 18.7 Å². The number of benzene rings is 2. The van der Waals surface area contributed by atoms with E-state index in [1.807, 2.05) is 45.2 Å². The van der Waals surface area contributed by atoms with Crippen LogP contribution < -0.4 is 10.1 Å². The molecule has 0 radical (unpaired) electrons. The van der Waals surface area contributed by atoms with Crippen LogP contribution in [0, 0.1) is 13.8 Å². The van der Waals surface area contributed by atoms with Crippen LogP contribution in [0.2, 0.25) is 5.02 Å². The molecule has 1 amide bonds. The average molecular weight is 463 g/mol. The molecule has 3 rings (SSSR count). The van der Waals surface area contributed by atoms with Crippen molar-refractivity contribution in [2.75, 3.05) is 0 Å². The summed E-state index contributed by atoms with van der Waals surface area (Å²) in [7, 11) is 1.84. The Morgan fingerprint density at radius 2 is 1.86 bits per heavy atom. The van der Waals surface area contributed by atoms with Crippen molar-refractivity contribution in [2.24, 2.45) is 7.05 Å². The summed E-state index contributed by atoms with van der Waals surface area (Å²) in [6.45, 7) is 4.74. The fourth-order valence-corrected chi connectivity index (χ4v) is 3.41. The fourth-order valence-electron chi connectivity index (χ4n) is 2.81. The number of aryl methyl sites for hydroxylation is 3. The highest BCUT2D eigenvalue weighted by atomic mass is 79.9. The van der Waals surface area contributed by atoms with E-state index >= 15 is 0 Å². The number of nitrogens with zero attached hydrogens (tertiary/aromatic N) is 2. The molecule has 146 valence electrons. The maximum atomic E-state index is 12.4. The fraction of sp³-hybridized carbons (Fsp3) is 0.238. The standard InChI is InChI=1S/C21H21BrClN3O2/c1-13-8-17(9-14(2)20(13)23)28-12-15-4-6-16(7-5-15)21(27)24-11-19-18(22)10-25-26(19)3/h4-10H,11-12H2,1-3H3,(H,24,27). The van der Waals surface area contributed by atoms with Crippen LogP contribution in [0.1, 0.15) is 32.7 Å². The van der Waals surface area contributed by atoms with Crippen LogP contribution in [-0.4, -0.2) is 15.7 Å². The Morgan fingerprint density at radius 1 is 1.21 bits per heavy atom. The van der Waals surface area contributed by atoms with E-state index in [0.717, 1.165) is 37.6 Å². The number of amides is 1. The summed E-state index contributed by atoms with van der Waals surface area (Å²) in [5.41, 5.74) is 4.47. The number of carbonyl (C=O) groups is 1. The van der Waals surface area contributed by atoms with Gasteiger partial charge in [-0.05, 0) is 70.7 Å². The lowest BCUT2D eigenvalue weighted by molar-refractivity contribution is 0.0950. The molecular formula is C21H21BrClN3O2. The highest BCUT2D eigenvalue weighted by Gasteiger charge is 2.10. The first-order chi connectivity index (χ1) is 13.3. The summed E-state index contributed by atoms with van der Waals surface area (Å²) in [5.74, 6) is 0.646. The summed E-state index contributed by atoms with van der Waals surface area (Å²) in [5, 5.41) is 7.81. The van der Waals surface area contributed by atoms with Crippen molar-refractivity contribution in [3.8, 4) is 5.75 Å². The van der Waals surface area contributed by atoms with Crippen LogP contribution in [0.3, 0.4) is 0 Å². The molecule has 5 nitrogen and oxygen atoms in total. The van der Waals surface area contributed by atoms with Crippen molar-refractivity contribution in [3.05, 3.63) is 80.0 Å². The van der Waals surface area contributed by atoms with E-state index in [1.165, 1.54) is 0 Å². The van der Waals surface area contributed by atoms with Crippen molar-refractivity contribution in [1.82, 2.24) is 15.1 Å². The molecule has 1 heterocycles. The summed E-state index contributed by atoms with van der Waals surface area (Å²) in [6, 6.07) is 11.2. The Morgan fingerprint density at radius 3 is 2.43 bits per heavy atom. The molecule has 3 aromatic rings. The van der Waals surface area contributed by atoms with Gasteiger partial charge in [0.15, 0.2) is 0 Å². The third kappa shape index (κ3) is 4.75. The molecular weight excluding hydrogens is 442 g/mol. The van der Waals surface area contributed by atoms with Gasteiger partial charge in [-0.15, -0.1) is 0 Å². The lowest BCUT2D eigenvalue weighted by Crippen LogP contribution is -2.24. The molecule has 1 aromatic heterocycles. The normalized spacial score (nSPS) is 10.8. The second-order valence-corrected chi connectivity index (χ2v) is 7.83. The van der Waals surface area contributed by atoms with Crippen LogP contribution in [0.25, 0.3) is 0 Å². The van der Waals surface area contributed by atoms with Crippen LogP contribution in [-0.2, 0) is 20.2 Å². The first-order valence-electron chi connectivity index (χ1n) is 8.78. The largest absolute Gasteiger partial charge is 0.489 e. The molecule has 28 heavy (non-hydrogen) atoms. The molecule has 0 saturated heterocycles. The summed E-state index contributed by atoms with van der Waals surface area (Å²) in [4.78, 5) is 12.4. The number of halogens is 2. The Bertz CT molecular complexity index is 957. The Labute approximate surface area is 177 Å². The first-order valence-corrected chi connectivity index (χ1v) is 9.95. The minimum atomic E-state index is -0.135. The van der Waals surface area contributed by atoms with Crippen molar-refractivity contribution >= 4 is 33.4 Å². The number of aromatic nitrogens is 2. The third-order valence-corrected chi connectivity index (χ3v) is 5.72. The third-order valence-electron chi connectivity index (χ3n) is 4.46. The molecule has 2 aromatic carbocycles. The maximum absolute atomic E-state index is 12.4. The zero-order chi connectivity index (χ0) is 20.3. The van der Waals surface area contributed by atoms with Gasteiger partial charge in [0.2, 0.25) is 0 Å². The minimum Gasteiger partial charge on any atom is -0.489 e. The van der Waals surface area contributed by atoms with Crippen molar-refractivity contribution < 1.29 is 9.53 Å². The topological polar surface area (TPSA) is 56.1 Å². The monoisotopic (exact) mass is 461 g/mol. The predicted octanol–water partition coefficient (Wildman–Crippen LogP) is 4.96. The predicted molar refractivity (Wildman–Crippen MR) is 114 cm³/mol. The quantitative estimate of drug-likeness (QED) is 0.563. The van der Waals surface area contributed by atoms with Gasteiger partial charge in [-0.25, -0.2) is 0 Å². The van der Waals surface area contributed by atoms with E-state index in [9.17, 15) is 4.79 Å². The number of carbonyl (C=O) groups excluding carboxylic acids is 1. The molecule has 0 aliphatic carbocycles. The lowest BCUT2D eigenvalue weighted by atomic mass is 10.1. The molecule has 0 aliphatic rings. The van der Waals surface area contributed by atoms with E-state index in [2.05, 4.69) is 26.3 Å². The summed E-state index contributed by atoms with van der Waals surface area (Å²) in [6.07, 6.45) is 1.71. The van der Waals surface area contributed by atoms with Crippen molar-refractivity contribution in [2.45, 2.75) is 27.0 Å². The average Bonchev–Trinajstić information content (AvgIpc) is 3.00. The Hall–Kier alpha value is -2.31. The van der Waals surface area contributed by atoms with Gasteiger partial charge in [0, 0.05) is 17.6 Å². The zero-order valence-electron chi connectivity index (χ0n) is 15.9. The second kappa shape index (κ2) is 8.80. The molecule has 1 N–H and O–H groups in total. The van der Waals surface area contributed by atoms with Gasteiger partial charge < -0.3 is 10.1 Å². The molecule has 0 spiro atoms. The van der Waals surface area contributed by atoms with Gasteiger partial charge in [-0.3, -0.25) is 9.48 Å². The Balaban J connectivity index is 1.58. The van der Waals surface area contributed by atoms with Crippen LogP contribution in [0.5, 0.6) is 5.75 Å². The first kappa shape index (κ1) is 20.4. The van der Waals surface area contributed by atoms with Crippen molar-refractivity contribution in [3.63, 3.8) is 0 Å². The minimum absolute atomic E-state index is 0.135. The summed E-state index contributed by atoms with van der Waals surface area (Å²) >= 11 is 9.61. The second-order valence-electron chi connectivity index (χ2n) is 6.60. The van der Waals surface area contributed by atoms with Crippen LogP contribution >= 0.6 is 27.5 Å². The van der Waals surface area contributed by atoms with Gasteiger partial charge in [0.05, 0.1) is 22.9 Å². The van der Waals surface area contributed by atoms with E-state index in [4.69, 9.17) is 16.3 Å². The maximum Gasteiger partial charge on any atom is 0.251 e. The van der Waals surface area contributed by atoms with Crippen LogP contribution in [0.15, 0.2) is 47.1 Å². The Kier molecular flexibility index (Phi) is 6.42. The highest BCUT2D eigenvalue weighted by molar-refractivity contribution is 9.10. The van der Waals surface area contributed by atoms with Crippen LogP contribution in [0.4, 0.5) is 0 Å². The number of hydrogen-bond acceptors (Lipinski definition) is 3. The smallest absolute Gasteiger partial charge is 0.251 e. The van der Waals surface area contributed by atoms with Gasteiger partial charge in [-0.1, -0.05) is 23.7 Å². The van der Waals surface area contributed by atoms with Gasteiger partial charge in [0.25, 0.3) is 5.91 Å². The number of rotatable bonds is 6. The van der Waals surface area contributed by atoms with Gasteiger partial charge in [-0.2, -0.15) is 5.10 Å². The molecule has 0 aliphatic heterocycles. The SMILES string of the molecule is Cc1cc(OCc2ccc(C(=O)NCc3c(Br)cnn3C)cc2)cc(C)c1Cl. The molecule has 0 unspecified atom stereocenters. The van der Waals surface area contributed by atoms with E-state index in [1.54, 1.807) is 23.0 Å². The number of ether oxygens (including phenoxy) is 1. The lowest BCUT2D eigenvalue weighted by Gasteiger charge is -2.11. The highest BCUT2D eigenvalue weighted by Crippen LogP contribution is 2.26. The van der Waals surface area contributed by atoms with E-state index in [-0.39, 0.29) is 5.91 Å². The molecule has 0 fully saturated rings. The zero-order valence-corrected chi connectivity index (χ0v) is 18.3. The van der Waals surface area contributed by atoms with Gasteiger partial charge >= 0.3 is 0 Å². The summed E-state index contributed by atoms with van der Waals surface area (Å²) < 4.78 is 8.46. The van der Waals surface area contributed by atoms with E-state index < -0.39 is 0 Å². The number of nitrogens with one attached hydrogen (secondary N) is 1. The van der Waals surface area contributed by atoms with Crippen molar-refractivity contribution in [1.29, 1.82) is 0 Å².